The third-order valence-corrected chi connectivity index (χ3v) is 2.76. The normalized spacial score (nSPS) is 18.6. The number of hydrogen-bond acceptors (Lipinski definition) is 3. The highest BCUT2D eigenvalue weighted by molar-refractivity contribution is 5.92. The molecule has 0 radical (unpaired) electrons. The second-order valence-electron chi connectivity index (χ2n) is 4.04. The maximum absolute atomic E-state index is 11.7. The molecule has 4 heteroatoms. The van der Waals surface area contributed by atoms with Crippen LogP contribution >= 0.6 is 0 Å². The fourth-order valence-corrected chi connectivity index (χ4v) is 1.90. The molecule has 0 bridgehead atoms. The van der Waals surface area contributed by atoms with Crippen LogP contribution in [0.2, 0.25) is 0 Å². The topological polar surface area (TPSA) is 62.1 Å². The van der Waals surface area contributed by atoms with E-state index in [0.717, 1.165) is 19.4 Å². The Balaban J connectivity index is 1.95. The van der Waals surface area contributed by atoms with Crippen molar-refractivity contribution in [2.45, 2.75) is 25.4 Å². The highest BCUT2D eigenvalue weighted by Gasteiger charge is 2.19. The molecule has 1 unspecified atom stereocenters. The van der Waals surface area contributed by atoms with Gasteiger partial charge in [-0.05, 0) is 25.0 Å². The Morgan fingerprint density at radius 2 is 2.35 bits per heavy atom. The number of nitrogens with zero attached hydrogens (tertiary/aromatic N) is 1. The van der Waals surface area contributed by atoms with Gasteiger partial charge in [0.25, 0.3) is 0 Å². The van der Waals surface area contributed by atoms with E-state index in [1.54, 1.807) is 24.3 Å². The Kier molecular flexibility index (Phi) is 3.73. The van der Waals surface area contributed by atoms with Gasteiger partial charge in [-0.15, -0.1) is 0 Å². The molecular weight excluding hydrogens is 216 g/mol. The first-order chi connectivity index (χ1) is 8.29. The summed E-state index contributed by atoms with van der Waals surface area (Å²) in [5.41, 5.74) is 1.05. The van der Waals surface area contributed by atoms with Gasteiger partial charge in [0.15, 0.2) is 0 Å². The molecule has 1 aliphatic heterocycles. The average Bonchev–Trinajstić information content (AvgIpc) is 2.82. The minimum Gasteiger partial charge on any atom is -0.378 e. The van der Waals surface area contributed by atoms with Crippen LogP contribution in [0.15, 0.2) is 24.3 Å². The molecule has 1 saturated heterocycles. The van der Waals surface area contributed by atoms with Crippen LogP contribution in [0.3, 0.4) is 0 Å². The van der Waals surface area contributed by atoms with Crippen molar-refractivity contribution < 1.29 is 9.53 Å². The maximum atomic E-state index is 11.7. The molecule has 1 amide bonds. The van der Waals surface area contributed by atoms with E-state index in [4.69, 9.17) is 10.00 Å². The van der Waals surface area contributed by atoms with E-state index < -0.39 is 0 Å². The second-order valence-corrected chi connectivity index (χ2v) is 4.04. The molecule has 1 atom stereocenters. The number of rotatable bonds is 3. The Morgan fingerprint density at radius 1 is 1.53 bits per heavy atom. The smallest absolute Gasteiger partial charge is 0.227 e. The molecule has 0 aliphatic carbocycles. The highest BCUT2D eigenvalue weighted by Crippen LogP contribution is 2.18. The first-order valence-electron chi connectivity index (χ1n) is 5.70. The van der Waals surface area contributed by atoms with E-state index in [2.05, 4.69) is 5.32 Å². The highest BCUT2D eigenvalue weighted by atomic mass is 16.5. The van der Waals surface area contributed by atoms with Crippen LogP contribution in [0.4, 0.5) is 5.69 Å². The number of benzene rings is 1. The van der Waals surface area contributed by atoms with E-state index in [1.807, 2.05) is 6.07 Å². The van der Waals surface area contributed by atoms with Crippen molar-refractivity contribution in [1.82, 2.24) is 0 Å². The molecule has 0 aromatic heterocycles. The van der Waals surface area contributed by atoms with Crippen LogP contribution in [-0.2, 0) is 9.53 Å². The number of para-hydroxylation sites is 1. The van der Waals surface area contributed by atoms with E-state index in [1.165, 1.54) is 0 Å². The van der Waals surface area contributed by atoms with Crippen molar-refractivity contribution in [2.75, 3.05) is 11.9 Å². The average molecular weight is 230 g/mol. The van der Waals surface area contributed by atoms with Gasteiger partial charge in [0.1, 0.15) is 6.07 Å². The van der Waals surface area contributed by atoms with Crippen molar-refractivity contribution in [3.05, 3.63) is 29.8 Å². The third-order valence-electron chi connectivity index (χ3n) is 2.76. The van der Waals surface area contributed by atoms with Crippen molar-refractivity contribution in [3.8, 4) is 6.07 Å². The van der Waals surface area contributed by atoms with Crippen LogP contribution in [0.5, 0.6) is 0 Å². The van der Waals surface area contributed by atoms with Crippen LogP contribution in [0, 0.1) is 11.3 Å². The van der Waals surface area contributed by atoms with Crippen LogP contribution in [0.25, 0.3) is 0 Å². The Morgan fingerprint density at radius 3 is 3.06 bits per heavy atom. The summed E-state index contributed by atoms with van der Waals surface area (Å²) in [6, 6.07) is 9.03. The first kappa shape index (κ1) is 11.6. The van der Waals surface area contributed by atoms with Gasteiger partial charge in [0.05, 0.1) is 23.8 Å². The molecule has 1 N–H and O–H groups in total. The lowest BCUT2D eigenvalue weighted by Crippen LogP contribution is -2.19. The van der Waals surface area contributed by atoms with Crippen molar-refractivity contribution >= 4 is 11.6 Å². The zero-order valence-corrected chi connectivity index (χ0v) is 9.48. The maximum Gasteiger partial charge on any atom is 0.227 e. The Labute approximate surface area is 100 Å². The predicted octanol–water partition coefficient (Wildman–Crippen LogP) is 2.07. The fourth-order valence-electron chi connectivity index (χ4n) is 1.90. The molecule has 2 rings (SSSR count). The number of nitrogens with one attached hydrogen (secondary N) is 1. The van der Waals surface area contributed by atoms with E-state index >= 15 is 0 Å². The molecule has 1 aromatic carbocycles. The molecule has 1 aliphatic rings. The monoisotopic (exact) mass is 230 g/mol. The minimum atomic E-state index is -0.0976. The SMILES string of the molecule is N#Cc1ccccc1NC(=O)CC1CCCO1. The summed E-state index contributed by atoms with van der Waals surface area (Å²) in [6.07, 6.45) is 2.35. The summed E-state index contributed by atoms with van der Waals surface area (Å²) in [6.45, 7) is 0.743. The lowest BCUT2D eigenvalue weighted by atomic mass is 10.1. The van der Waals surface area contributed by atoms with E-state index in [-0.39, 0.29) is 12.0 Å². The molecule has 88 valence electrons. The van der Waals surface area contributed by atoms with Gasteiger partial charge in [-0.25, -0.2) is 0 Å². The summed E-state index contributed by atoms with van der Waals surface area (Å²) in [5, 5.41) is 11.6. The quantitative estimate of drug-likeness (QED) is 0.864. The zero-order chi connectivity index (χ0) is 12.1. The van der Waals surface area contributed by atoms with Crippen LogP contribution < -0.4 is 5.32 Å². The number of hydrogen-bond donors (Lipinski definition) is 1. The number of anilines is 1. The zero-order valence-electron chi connectivity index (χ0n) is 9.48. The minimum absolute atomic E-state index is 0.0317. The summed E-state index contributed by atoms with van der Waals surface area (Å²) >= 11 is 0. The molecule has 0 spiro atoms. The van der Waals surface area contributed by atoms with Crippen molar-refractivity contribution in [2.24, 2.45) is 0 Å². The standard InChI is InChI=1S/C13H14N2O2/c14-9-10-4-1-2-6-12(10)15-13(16)8-11-5-3-7-17-11/h1-2,4,6,11H,3,5,7-8H2,(H,15,16). The number of ether oxygens (including phenoxy) is 1. The van der Waals surface area contributed by atoms with Gasteiger partial charge in [0.2, 0.25) is 5.91 Å². The molecule has 4 nitrogen and oxygen atoms in total. The number of carbonyl (C=O) groups is 1. The van der Waals surface area contributed by atoms with Gasteiger partial charge in [-0.3, -0.25) is 4.79 Å². The van der Waals surface area contributed by atoms with E-state index in [0.29, 0.717) is 17.7 Å². The Hall–Kier alpha value is -1.86. The molecule has 0 saturated carbocycles. The second kappa shape index (κ2) is 5.46. The lowest BCUT2D eigenvalue weighted by Gasteiger charge is -2.10. The van der Waals surface area contributed by atoms with Gasteiger partial charge in [-0.1, -0.05) is 12.1 Å². The number of carbonyl (C=O) groups excluding carboxylic acids is 1. The van der Waals surface area contributed by atoms with Crippen LogP contribution in [-0.4, -0.2) is 18.6 Å². The largest absolute Gasteiger partial charge is 0.378 e. The van der Waals surface area contributed by atoms with Crippen molar-refractivity contribution in [3.63, 3.8) is 0 Å². The summed E-state index contributed by atoms with van der Waals surface area (Å²) in [5.74, 6) is -0.0976. The Bertz CT molecular complexity index is 445. The molecule has 17 heavy (non-hydrogen) atoms. The van der Waals surface area contributed by atoms with Crippen molar-refractivity contribution in [1.29, 1.82) is 5.26 Å². The molecule has 1 aromatic rings. The van der Waals surface area contributed by atoms with E-state index in [9.17, 15) is 4.79 Å². The molecular formula is C13H14N2O2. The summed E-state index contributed by atoms with van der Waals surface area (Å²) in [4.78, 5) is 11.7. The first-order valence-corrected chi connectivity index (χ1v) is 5.70. The third kappa shape index (κ3) is 3.05. The van der Waals surface area contributed by atoms with Crippen LogP contribution in [0.1, 0.15) is 24.8 Å². The number of nitriles is 1. The summed E-state index contributed by atoms with van der Waals surface area (Å²) in [7, 11) is 0. The lowest BCUT2D eigenvalue weighted by molar-refractivity contribution is -0.118. The number of amides is 1. The molecule has 1 fully saturated rings. The van der Waals surface area contributed by atoms with Gasteiger partial charge in [0, 0.05) is 6.61 Å². The van der Waals surface area contributed by atoms with Gasteiger partial charge >= 0.3 is 0 Å². The summed E-state index contributed by atoms with van der Waals surface area (Å²) < 4.78 is 5.39. The van der Waals surface area contributed by atoms with Gasteiger partial charge < -0.3 is 10.1 Å². The fraction of sp³-hybridized carbons (Fsp3) is 0.385. The predicted molar refractivity (Wildman–Crippen MR) is 63.4 cm³/mol. The molecule has 1 heterocycles. The van der Waals surface area contributed by atoms with Gasteiger partial charge in [-0.2, -0.15) is 5.26 Å².